The third kappa shape index (κ3) is 5.01. The maximum absolute atomic E-state index is 13.4. The lowest BCUT2D eigenvalue weighted by Crippen LogP contribution is -2.70. The lowest BCUT2D eigenvalue weighted by atomic mass is 9.58. The lowest BCUT2D eigenvalue weighted by Gasteiger charge is -2.59. The van der Waals surface area contributed by atoms with Crippen LogP contribution in [0, 0.1) is 23.7 Å². The highest BCUT2D eigenvalue weighted by molar-refractivity contribution is 6.54. The van der Waals surface area contributed by atoms with Crippen LogP contribution in [0.25, 0.3) is 0 Å². The van der Waals surface area contributed by atoms with E-state index in [0.29, 0.717) is 24.4 Å². The number of benzene rings is 2. The van der Waals surface area contributed by atoms with Crippen LogP contribution in [0.1, 0.15) is 70.4 Å². The highest BCUT2D eigenvalue weighted by Gasteiger charge is 2.69. The smallest absolute Gasteiger partial charge is 0.308 e. The number of hydrogen-bond donors (Lipinski definition) is 0. The molecule has 1 aliphatic carbocycles. The van der Waals surface area contributed by atoms with E-state index in [4.69, 9.17) is 28.8 Å². The van der Waals surface area contributed by atoms with Crippen LogP contribution in [0.2, 0.25) is 0 Å². The predicted molar refractivity (Wildman–Crippen MR) is 159 cm³/mol. The molecule has 2 bridgehead atoms. The van der Waals surface area contributed by atoms with Crippen LogP contribution in [0.4, 0.5) is 5.69 Å². The van der Waals surface area contributed by atoms with E-state index >= 15 is 0 Å². The number of hydrogen-bond acceptors (Lipinski definition) is 9. The Hall–Kier alpha value is -3.31. The summed E-state index contributed by atoms with van der Waals surface area (Å²) in [5, 5.41) is 4.20. The molecule has 1 unspecified atom stereocenters. The number of nitrogens with zero attached hydrogens (tertiary/aromatic N) is 2. The number of anilines is 1. The van der Waals surface area contributed by atoms with E-state index in [1.807, 2.05) is 61.5 Å². The average molecular weight is 605 g/mol. The van der Waals surface area contributed by atoms with Gasteiger partial charge in [0.05, 0.1) is 5.69 Å². The molecule has 2 aromatic rings. The zero-order valence-corrected chi connectivity index (χ0v) is 25.5. The van der Waals surface area contributed by atoms with Gasteiger partial charge >= 0.3 is 5.97 Å². The molecule has 5 fully saturated rings. The van der Waals surface area contributed by atoms with Crippen molar-refractivity contribution in [1.82, 2.24) is 0 Å². The second kappa shape index (κ2) is 11.6. The molecule has 4 saturated heterocycles. The minimum absolute atomic E-state index is 0.0726. The first-order valence-corrected chi connectivity index (χ1v) is 15.8. The molecule has 8 rings (SSSR count). The number of oxime groups is 1. The van der Waals surface area contributed by atoms with E-state index in [0.717, 1.165) is 36.9 Å². The van der Waals surface area contributed by atoms with Gasteiger partial charge in [-0.25, -0.2) is 9.78 Å². The van der Waals surface area contributed by atoms with Crippen LogP contribution in [-0.4, -0.2) is 48.1 Å². The summed E-state index contributed by atoms with van der Waals surface area (Å²) in [5.41, 5.74) is 1.98. The molecule has 0 aromatic heterocycles. The van der Waals surface area contributed by atoms with Crippen molar-refractivity contribution in [3.63, 3.8) is 0 Å². The van der Waals surface area contributed by atoms with Crippen molar-refractivity contribution >= 4 is 23.3 Å². The monoisotopic (exact) mass is 604 g/mol. The molecular weight excluding hydrogens is 564 g/mol. The second-order valence-electron chi connectivity index (χ2n) is 13.0. The topological polar surface area (TPSA) is 105 Å². The maximum Gasteiger partial charge on any atom is 0.308 e. The number of para-hydroxylation sites is 1. The molecule has 44 heavy (non-hydrogen) atoms. The number of ether oxygens (including phenoxy) is 3. The van der Waals surface area contributed by atoms with Crippen molar-refractivity contribution in [3.8, 4) is 0 Å². The third-order valence-corrected chi connectivity index (χ3v) is 10.2. The summed E-state index contributed by atoms with van der Waals surface area (Å²) in [6.07, 6.45) is 2.78. The Morgan fingerprint density at radius 3 is 2.66 bits per heavy atom. The highest BCUT2D eigenvalue weighted by atomic mass is 17.3. The average Bonchev–Trinajstić information content (AvgIpc) is 3.11. The van der Waals surface area contributed by atoms with Crippen LogP contribution >= 0.6 is 0 Å². The number of rotatable bonds is 8. The Balaban J connectivity index is 0.980. The summed E-state index contributed by atoms with van der Waals surface area (Å²) in [6, 6.07) is 17.1. The molecule has 8 atom stereocenters. The van der Waals surface area contributed by atoms with E-state index in [2.05, 4.69) is 19.0 Å². The summed E-state index contributed by atoms with van der Waals surface area (Å²) in [6.45, 7) is 6.80. The Kier molecular flexibility index (Phi) is 7.73. The minimum Gasteiger partial charge on any atom is -0.435 e. The Bertz CT molecular complexity index is 1430. The molecule has 2 aromatic carbocycles. The molecule has 1 amide bonds. The van der Waals surface area contributed by atoms with Crippen molar-refractivity contribution in [2.45, 2.75) is 89.9 Å². The van der Waals surface area contributed by atoms with Gasteiger partial charge in [0.1, 0.15) is 6.61 Å². The number of fused-ring (bicyclic) bond motifs is 3. The van der Waals surface area contributed by atoms with Gasteiger partial charge in [0.2, 0.25) is 12.1 Å². The van der Waals surface area contributed by atoms with Gasteiger partial charge in [-0.3, -0.25) is 9.59 Å². The highest BCUT2D eigenvalue weighted by Crippen LogP contribution is 2.60. The number of esters is 1. The molecule has 10 nitrogen and oxygen atoms in total. The van der Waals surface area contributed by atoms with E-state index in [1.54, 1.807) is 4.90 Å². The van der Waals surface area contributed by atoms with Crippen LogP contribution < -0.4 is 4.90 Å². The van der Waals surface area contributed by atoms with Crippen molar-refractivity contribution in [2.75, 3.05) is 11.4 Å². The minimum atomic E-state index is -0.889. The largest absolute Gasteiger partial charge is 0.435 e. The van der Waals surface area contributed by atoms with Crippen molar-refractivity contribution in [1.29, 1.82) is 0 Å². The molecule has 5 aliphatic heterocycles. The summed E-state index contributed by atoms with van der Waals surface area (Å²) in [4.78, 5) is 45.7. The van der Waals surface area contributed by atoms with Gasteiger partial charge in [-0.15, -0.1) is 0 Å². The van der Waals surface area contributed by atoms with Crippen LogP contribution in [0.5, 0.6) is 0 Å². The van der Waals surface area contributed by atoms with Crippen LogP contribution in [0.15, 0.2) is 59.8 Å². The number of carbonyl (C=O) groups excluding carboxylic acids is 2. The maximum atomic E-state index is 13.4. The van der Waals surface area contributed by atoms with Gasteiger partial charge in [-0.05, 0) is 56.1 Å². The quantitative estimate of drug-likeness (QED) is 0.222. The molecular formula is C34H40N2O8. The van der Waals surface area contributed by atoms with Crippen LogP contribution in [-0.2, 0) is 45.0 Å². The van der Waals surface area contributed by atoms with Gasteiger partial charge in [0.15, 0.2) is 17.6 Å². The Morgan fingerprint density at radius 2 is 1.82 bits per heavy atom. The standard InChI is InChI=1S/C34H40N2O8/c1-21-15-16-26-22(2)31(41-32-34(26)25(21)17-18-33(3,42-32)43-44-34)40-28(37)14-9-19-36-27-13-8-7-12-24(27)29(30(36)38)35-39-20-23-10-5-4-6-11-23/h4-8,10-13,21-22,25-26,31-32H,9,14-20H2,1-3H3/t21-,22-,25+,26+,31?,32-,33-,34-/m1/s1. The van der Waals surface area contributed by atoms with Gasteiger partial charge in [0, 0.05) is 36.8 Å². The zero-order chi connectivity index (χ0) is 30.5. The van der Waals surface area contributed by atoms with E-state index < -0.39 is 24.0 Å². The first-order valence-electron chi connectivity index (χ1n) is 15.8. The molecule has 6 aliphatic rings. The van der Waals surface area contributed by atoms with Gasteiger partial charge in [-0.2, -0.15) is 0 Å². The second-order valence-corrected chi connectivity index (χ2v) is 13.0. The first kappa shape index (κ1) is 29.4. The van der Waals surface area contributed by atoms with E-state index in [1.165, 1.54) is 0 Å². The lowest BCUT2D eigenvalue weighted by molar-refractivity contribution is -0.576. The molecule has 0 N–H and O–H groups in total. The molecule has 10 heteroatoms. The summed E-state index contributed by atoms with van der Waals surface area (Å²) in [7, 11) is 0. The van der Waals surface area contributed by atoms with Crippen molar-refractivity contribution in [2.24, 2.45) is 28.8 Å². The van der Waals surface area contributed by atoms with Gasteiger partial charge in [-0.1, -0.05) is 67.5 Å². The van der Waals surface area contributed by atoms with Crippen molar-refractivity contribution in [3.05, 3.63) is 65.7 Å². The Labute approximate surface area is 257 Å². The number of carbonyl (C=O) groups is 2. The van der Waals surface area contributed by atoms with Crippen molar-refractivity contribution < 1.29 is 38.4 Å². The summed E-state index contributed by atoms with van der Waals surface area (Å²) in [5.74, 6) is -0.839. The zero-order valence-electron chi connectivity index (χ0n) is 25.5. The molecule has 1 spiro atoms. The SMILES string of the molecule is C[C@@H]1CC[C@H]2[C@@H](C)C(OC(=O)CCCN3C(=O)C(=NOCc4ccccc4)c4ccccc43)O[C@@H]3O[C@@]4(C)CC[C@@H]1[C@]32OO4. The fraction of sp³-hybridized carbons (Fsp3) is 0.559. The normalized spacial score (nSPS) is 36.5. The molecule has 1 saturated carbocycles. The first-order chi connectivity index (χ1) is 21.3. The third-order valence-electron chi connectivity index (χ3n) is 10.2. The summed E-state index contributed by atoms with van der Waals surface area (Å²) < 4.78 is 18.7. The fourth-order valence-electron chi connectivity index (χ4n) is 7.89. The molecule has 5 heterocycles. The predicted octanol–water partition coefficient (Wildman–Crippen LogP) is 5.49. The Morgan fingerprint density at radius 1 is 1.02 bits per heavy atom. The summed E-state index contributed by atoms with van der Waals surface area (Å²) >= 11 is 0. The van der Waals surface area contributed by atoms with Crippen LogP contribution in [0.3, 0.4) is 0 Å². The molecule has 234 valence electrons. The van der Waals surface area contributed by atoms with E-state index in [-0.39, 0.29) is 48.4 Å². The van der Waals surface area contributed by atoms with Gasteiger partial charge < -0.3 is 23.9 Å². The fourth-order valence-corrected chi connectivity index (χ4v) is 7.89. The van der Waals surface area contributed by atoms with Gasteiger partial charge in [0.25, 0.3) is 5.91 Å². The molecule has 0 radical (unpaired) electrons. The number of amides is 1. The van der Waals surface area contributed by atoms with E-state index in [9.17, 15) is 9.59 Å².